The van der Waals surface area contributed by atoms with Gasteiger partial charge in [0.15, 0.2) is 0 Å². The second-order valence-electron chi connectivity index (χ2n) is 4.56. The zero-order valence-corrected chi connectivity index (χ0v) is 10.2. The first kappa shape index (κ1) is 10.3. The van der Waals surface area contributed by atoms with Crippen molar-refractivity contribution in [3.63, 3.8) is 0 Å². The quantitative estimate of drug-likeness (QED) is 0.743. The fraction of sp³-hybridized carbons (Fsp3) is 0.500. The predicted octanol–water partition coefficient (Wildman–Crippen LogP) is 2.24. The first-order chi connectivity index (χ1) is 7.00. The summed E-state index contributed by atoms with van der Waals surface area (Å²) < 4.78 is 5.81. The summed E-state index contributed by atoms with van der Waals surface area (Å²) in [5, 5.41) is 8.17. The molecule has 0 aliphatic rings. The van der Waals surface area contributed by atoms with E-state index >= 15 is 0 Å². The van der Waals surface area contributed by atoms with E-state index in [9.17, 15) is 0 Å². The molecule has 2 aromatic rings. The van der Waals surface area contributed by atoms with Crippen molar-refractivity contribution in [2.24, 2.45) is 7.05 Å². The molecule has 0 radical (unpaired) electrons. The molecule has 0 saturated carbocycles. The third kappa shape index (κ3) is 1.79. The smallest absolute Gasteiger partial charge is 0.0788 e. The van der Waals surface area contributed by atoms with E-state index in [1.165, 1.54) is 17.2 Å². The lowest BCUT2D eigenvalue weighted by molar-refractivity contribution is 0.524. The SMILES string of the molecule is Cn1ncc(-c2cnns2)c1C(C)(C)C. The van der Waals surface area contributed by atoms with Gasteiger partial charge in [0.1, 0.15) is 0 Å². The number of rotatable bonds is 1. The van der Waals surface area contributed by atoms with E-state index in [4.69, 9.17) is 0 Å². The van der Waals surface area contributed by atoms with Gasteiger partial charge in [0.2, 0.25) is 0 Å². The Morgan fingerprint density at radius 3 is 2.53 bits per heavy atom. The average Bonchev–Trinajstić information content (AvgIpc) is 2.68. The maximum atomic E-state index is 4.31. The van der Waals surface area contributed by atoms with Crippen LogP contribution in [0.2, 0.25) is 0 Å². The summed E-state index contributed by atoms with van der Waals surface area (Å²) >= 11 is 1.41. The maximum Gasteiger partial charge on any atom is 0.0788 e. The Hall–Kier alpha value is -1.23. The third-order valence-corrected chi connectivity index (χ3v) is 2.97. The molecule has 0 bridgehead atoms. The molecule has 0 amide bonds. The molecule has 2 rings (SSSR count). The minimum Gasteiger partial charge on any atom is -0.271 e. The Morgan fingerprint density at radius 1 is 1.27 bits per heavy atom. The molecule has 0 aliphatic heterocycles. The van der Waals surface area contributed by atoms with Crippen molar-refractivity contribution in [1.29, 1.82) is 0 Å². The topological polar surface area (TPSA) is 43.6 Å². The van der Waals surface area contributed by atoms with Crippen molar-refractivity contribution in [2.45, 2.75) is 26.2 Å². The van der Waals surface area contributed by atoms with E-state index in [1.807, 2.05) is 17.9 Å². The number of aromatic nitrogens is 4. The largest absolute Gasteiger partial charge is 0.271 e. The second kappa shape index (κ2) is 3.41. The van der Waals surface area contributed by atoms with Gasteiger partial charge in [0.25, 0.3) is 0 Å². The molecule has 4 nitrogen and oxygen atoms in total. The van der Waals surface area contributed by atoms with Crippen molar-refractivity contribution < 1.29 is 0 Å². The molecule has 0 fully saturated rings. The highest BCUT2D eigenvalue weighted by Gasteiger charge is 2.23. The van der Waals surface area contributed by atoms with Crippen LogP contribution < -0.4 is 0 Å². The predicted molar refractivity (Wildman–Crippen MR) is 60.8 cm³/mol. The summed E-state index contributed by atoms with van der Waals surface area (Å²) in [5.74, 6) is 0. The van der Waals surface area contributed by atoms with Crippen LogP contribution in [0.3, 0.4) is 0 Å². The zero-order chi connectivity index (χ0) is 11.1. The van der Waals surface area contributed by atoms with Crippen LogP contribution in [0, 0.1) is 0 Å². The van der Waals surface area contributed by atoms with Gasteiger partial charge in [-0.05, 0) is 11.5 Å². The molecule has 0 spiro atoms. The highest BCUT2D eigenvalue weighted by Crippen LogP contribution is 2.33. The van der Waals surface area contributed by atoms with Crippen molar-refractivity contribution in [1.82, 2.24) is 19.4 Å². The molecule has 80 valence electrons. The minimum atomic E-state index is 0.0740. The summed E-state index contributed by atoms with van der Waals surface area (Å²) in [4.78, 5) is 1.08. The van der Waals surface area contributed by atoms with Gasteiger partial charge in [-0.25, -0.2) is 0 Å². The van der Waals surface area contributed by atoms with E-state index in [0.717, 1.165) is 10.4 Å². The first-order valence-electron chi connectivity index (χ1n) is 4.80. The van der Waals surface area contributed by atoms with Crippen LogP contribution in [-0.2, 0) is 12.5 Å². The molecule has 0 unspecified atom stereocenters. The van der Waals surface area contributed by atoms with Crippen molar-refractivity contribution in [2.75, 3.05) is 0 Å². The molecule has 15 heavy (non-hydrogen) atoms. The van der Waals surface area contributed by atoms with Crippen LogP contribution in [0.5, 0.6) is 0 Å². The minimum absolute atomic E-state index is 0.0740. The molecular formula is C10H14N4S. The summed E-state index contributed by atoms with van der Waals surface area (Å²) in [7, 11) is 1.97. The van der Waals surface area contributed by atoms with E-state index in [-0.39, 0.29) is 5.41 Å². The number of nitrogens with zero attached hydrogens (tertiary/aromatic N) is 4. The zero-order valence-electron chi connectivity index (χ0n) is 9.35. The van der Waals surface area contributed by atoms with Crippen LogP contribution in [-0.4, -0.2) is 19.4 Å². The van der Waals surface area contributed by atoms with Gasteiger partial charge in [-0.1, -0.05) is 25.3 Å². The monoisotopic (exact) mass is 222 g/mol. The lowest BCUT2D eigenvalue weighted by Crippen LogP contribution is -2.17. The third-order valence-electron chi connectivity index (χ3n) is 2.28. The Balaban J connectivity index is 2.59. The Labute approximate surface area is 93.1 Å². The van der Waals surface area contributed by atoms with Crippen LogP contribution in [0.25, 0.3) is 10.4 Å². The van der Waals surface area contributed by atoms with E-state index in [2.05, 4.69) is 35.5 Å². The molecule has 2 aromatic heterocycles. The van der Waals surface area contributed by atoms with Crippen LogP contribution in [0.15, 0.2) is 12.4 Å². The summed E-state index contributed by atoms with van der Waals surface area (Å²) in [6.07, 6.45) is 3.67. The Morgan fingerprint density at radius 2 is 2.00 bits per heavy atom. The maximum absolute atomic E-state index is 4.31. The van der Waals surface area contributed by atoms with Crippen LogP contribution >= 0.6 is 11.5 Å². The molecule has 5 heteroatoms. The lowest BCUT2D eigenvalue weighted by Gasteiger charge is -2.20. The van der Waals surface area contributed by atoms with Crippen molar-refractivity contribution >= 4 is 11.5 Å². The van der Waals surface area contributed by atoms with E-state index in [1.54, 1.807) is 6.20 Å². The number of hydrogen-bond acceptors (Lipinski definition) is 4. The Bertz CT molecular complexity index is 450. The number of hydrogen-bond donors (Lipinski definition) is 0. The van der Waals surface area contributed by atoms with Crippen molar-refractivity contribution in [3.8, 4) is 10.4 Å². The highest BCUT2D eigenvalue weighted by atomic mass is 32.1. The lowest BCUT2D eigenvalue weighted by atomic mass is 9.89. The normalized spacial score (nSPS) is 12.0. The fourth-order valence-corrected chi connectivity index (χ4v) is 2.32. The molecule has 0 aliphatic carbocycles. The highest BCUT2D eigenvalue weighted by molar-refractivity contribution is 7.09. The Kier molecular flexibility index (Phi) is 2.34. The average molecular weight is 222 g/mol. The molecule has 0 saturated heterocycles. The van der Waals surface area contributed by atoms with Gasteiger partial charge in [-0.3, -0.25) is 4.68 Å². The fourth-order valence-electron chi connectivity index (χ4n) is 1.79. The second-order valence-corrected chi connectivity index (χ2v) is 5.35. The van der Waals surface area contributed by atoms with Gasteiger partial charge in [-0.2, -0.15) is 5.10 Å². The molecule has 2 heterocycles. The van der Waals surface area contributed by atoms with Gasteiger partial charge < -0.3 is 0 Å². The summed E-state index contributed by atoms with van der Waals surface area (Å²) in [5.41, 5.74) is 2.43. The van der Waals surface area contributed by atoms with Gasteiger partial charge in [0, 0.05) is 18.0 Å². The molecule has 0 aromatic carbocycles. The summed E-state index contributed by atoms with van der Waals surface area (Å²) in [6.45, 7) is 6.55. The van der Waals surface area contributed by atoms with E-state index in [0.29, 0.717) is 0 Å². The van der Waals surface area contributed by atoms with Crippen LogP contribution in [0.1, 0.15) is 26.5 Å². The summed E-state index contributed by atoms with van der Waals surface area (Å²) in [6, 6.07) is 0. The standard InChI is InChI=1S/C10H14N4S/c1-10(2,3)9-7(5-12-14(9)4)8-6-11-13-15-8/h5-6H,1-4H3. The molecule has 0 N–H and O–H groups in total. The molecular weight excluding hydrogens is 208 g/mol. The van der Waals surface area contributed by atoms with Gasteiger partial charge in [0.05, 0.1) is 23.0 Å². The van der Waals surface area contributed by atoms with Crippen molar-refractivity contribution in [3.05, 3.63) is 18.1 Å². The van der Waals surface area contributed by atoms with Crippen LogP contribution in [0.4, 0.5) is 0 Å². The first-order valence-corrected chi connectivity index (χ1v) is 5.57. The van der Waals surface area contributed by atoms with E-state index < -0.39 is 0 Å². The van der Waals surface area contributed by atoms with Gasteiger partial charge >= 0.3 is 0 Å². The van der Waals surface area contributed by atoms with Gasteiger partial charge in [-0.15, -0.1) is 5.10 Å². The number of aryl methyl sites for hydroxylation is 1. The molecule has 0 atom stereocenters.